The lowest BCUT2D eigenvalue weighted by Crippen LogP contribution is -2.32. The van der Waals surface area contributed by atoms with E-state index in [0.29, 0.717) is 34.2 Å². The molecule has 2 aromatic rings. The predicted octanol–water partition coefficient (Wildman–Crippen LogP) is 3.71. The first-order valence-electron chi connectivity index (χ1n) is 6.95. The van der Waals surface area contributed by atoms with Gasteiger partial charge >= 0.3 is 0 Å². The Labute approximate surface area is 126 Å². The molecular weight excluding hydrogens is 322 g/mol. The number of likely N-dealkylation sites (tertiary alicyclic amines) is 1. The van der Waals surface area contributed by atoms with Gasteiger partial charge in [0.05, 0.1) is 6.54 Å². The third-order valence-corrected chi connectivity index (χ3v) is 4.20. The minimum absolute atomic E-state index is 0.436. The molecule has 1 atom stereocenters. The Balaban J connectivity index is 1.71. The molecule has 0 saturated carbocycles. The second kappa shape index (κ2) is 5.69. The maximum Gasteiger partial charge on any atom is 0.283 e. The van der Waals surface area contributed by atoms with E-state index in [1.54, 1.807) is 0 Å². The molecule has 0 spiro atoms. The molecular formula is C14H18BrN3O2. The summed E-state index contributed by atoms with van der Waals surface area (Å²) in [7, 11) is 0. The van der Waals surface area contributed by atoms with Gasteiger partial charge in [0.2, 0.25) is 5.89 Å². The fourth-order valence-corrected chi connectivity index (χ4v) is 3.13. The molecule has 5 nitrogen and oxygen atoms in total. The molecule has 3 heterocycles. The summed E-state index contributed by atoms with van der Waals surface area (Å²) in [6, 6.07) is 4.24. The van der Waals surface area contributed by atoms with Crippen LogP contribution in [0.2, 0.25) is 0 Å². The molecule has 6 heteroatoms. The van der Waals surface area contributed by atoms with Crippen LogP contribution in [-0.2, 0) is 6.54 Å². The average molecular weight is 340 g/mol. The van der Waals surface area contributed by atoms with Crippen LogP contribution in [0.15, 0.2) is 25.6 Å². The lowest BCUT2D eigenvalue weighted by Gasteiger charge is -2.25. The Morgan fingerprint density at radius 2 is 2.20 bits per heavy atom. The van der Waals surface area contributed by atoms with Gasteiger partial charge in [-0.2, -0.15) is 0 Å². The maximum absolute atomic E-state index is 5.69. The molecule has 0 amide bonds. The highest BCUT2D eigenvalue weighted by Gasteiger charge is 2.28. The van der Waals surface area contributed by atoms with Gasteiger partial charge in [-0.15, -0.1) is 10.2 Å². The van der Waals surface area contributed by atoms with Crippen molar-refractivity contribution in [2.24, 2.45) is 5.92 Å². The second-order valence-electron chi connectivity index (χ2n) is 5.53. The highest BCUT2D eigenvalue weighted by molar-refractivity contribution is 9.10. The maximum atomic E-state index is 5.69. The summed E-state index contributed by atoms with van der Waals surface area (Å²) in [4.78, 5) is 2.43. The van der Waals surface area contributed by atoms with Crippen molar-refractivity contribution in [3.8, 4) is 11.7 Å². The Kier molecular flexibility index (Phi) is 3.94. The van der Waals surface area contributed by atoms with Gasteiger partial charge in [-0.05, 0) is 53.4 Å². The first-order valence-corrected chi connectivity index (χ1v) is 7.75. The summed E-state index contributed by atoms with van der Waals surface area (Å²) in [5.41, 5.74) is 0. The van der Waals surface area contributed by atoms with Gasteiger partial charge in [0.25, 0.3) is 5.89 Å². The molecule has 1 aliphatic rings. The molecule has 108 valence electrons. The van der Waals surface area contributed by atoms with Crippen LogP contribution in [0.25, 0.3) is 11.7 Å². The standard InChI is InChI=1S/C14H18BrN3O2/c1-9(2)10-4-3-7-18(10)8-13-16-17-14(20-13)11-5-6-12(15)19-11/h5-6,9-10H,3-4,7-8H2,1-2H3. The molecule has 0 aliphatic carbocycles. The van der Waals surface area contributed by atoms with Crippen molar-refractivity contribution in [2.45, 2.75) is 39.3 Å². The SMILES string of the molecule is CC(C)C1CCCN1Cc1nnc(-c2ccc(Br)o2)o1. The number of nitrogens with zero attached hydrogens (tertiary/aromatic N) is 3. The van der Waals surface area contributed by atoms with Gasteiger partial charge < -0.3 is 8.83 Å². The van der Waals surface area contributed by atoms with E-state index in [1.165, 1.54) is 12.8 Å². The topological polar surface area (TPSA) is 55.3 Å². The molecule has 1 aliphatic heterocycles. The van der Waals surface area contributed by atoms with E-state index in [9.17, 15) is 0 Å². The molecule has 3 rings (SSSR count). The second-order valence-corrected chi connectivity index (χ2v) is 6.31. The first-order chi connectivity index (χ1) is 9.63. The van der Waals surface area contributed by atoms with Gasteiger partial charge in [-0.25, -0.2) is 0 Å². The molecule has 1 unspecified atom stereocenters. The van der Waals surface area contributed by atoms with Crippen LogP contribution in [0.1, 0.15) is 32.6 Å². The summed E-state index contributed by atoms with van der Waals surface area (Å²) in [6.07, 6.45) is 2.50. The van der Waals surface area contributed by atoms with E-state index in [0.717, 1.165) is 13.1 Å². The van der Waals surface area contributed by atoms with Gasteiger partial charge in [-0.3, -0.25) is 4.90 Å². The number of aromatic nitrogens is 2. The quantitative estimate of drug-likeness (QED) is 0.849. The summed E-state index contributed by atoms with van der Waals surface area (Å²) in [5, 5.41) is 8.18. The number of hydrogen-bond donors (Lipinski definition) is 0. The van der Waals surface area contributed by atoms with Crippen LogP contribution in [-0.4, -0.2) is 27.7 Å². The fraction of sp³-hybridized carbons (Fsp3) is 0.571. The Bertz CT molecular complexity index is 578. The number of halogens is 1. The Morgan fingerprint density at radius 3 is 2.90 bits per heavy atom. The smallest absolute Gasteiger partial charge is 0.283 e. The van der Waals surface area contributed by atoms with Crippen molar-refractivity contribution >= 4 is 15.9 Å². The van der Waals surface area contributed by atoms with E-state index < -0.39 is 0 Å². The zero-order chi connectivity index (χ0) is 14.1. The van der Waals surface area contributed by atoms with Crippen LogP contribution in [0.5, 0.6) is 0 Å². The zero-order valence-electron chi connectivity index (χ0n) is 11.7. The van der Waals surface area contributed by atoms with E-state index in [2.05, 4.69) is 44.9 Å². The minimum Gasteiger partial charge on any atom is -0.444 e. The summed E-state index contributed by atoms with van der Waals surface area (Å²) >= 11 is 3.27. The van der Waals surface area contributed by atoms with E-state index in [4.69, 9.17) is 8.83 Å². The zero-order valence-corrected chi connectivity index (χ0v) is 13.3. The third kappa shape index (κ3) is 2.81. The van der Waals surface area contributed by atoms with Gasteiger partial charge in [0.15, 0.2) is 10.4 Å². The lowest BCUT2D eigenvalue weighted by molar-refractivity contribution is 0.182. The van der Waals surface area contributed by atoms with Crippen LogP contribution in [0.3, 0.4) is 0 Å². The van der Waals surface area contributed by atoms with Gasteiger partial charge in [0, 0.05) is 6.04 Å². The van der Waals surface area contributed by atoms with Crippen molar-refractivity contribution in [2.75, 3.05) is 6.54 Å². The van der Waals surface area contributed by atoms with E-state index in [-0.39, 0.29) is 0 Å². The molecule has 0 radical (unpaired) electrons. The van der Waals surface area contributed by atoms with Crippen LogP contribution in [0.4, 0.5) is 0 Å². The van der Waals surface area contributed by atoms with Crippen molar-refractivity contribution in [1.82, 2.24) is 15.1 Å². The van der Waals surface area contributed by atoms with Crippen molar-refractivity contribution in [3.05, 3.63) is 22.7 Å². The van der Waals surface area contributed by atoms with E-state index >= 15 is 0 Å². The molecule has 0 bridgehead atoms. The third-order valence-electron chi connectivity index (χ3n) is 3.77. The van der Waals surface area contributed by atoms with E-state index in [1.807, 2.05) is 12.1 Å². The number of rotatable bonds is 4. The molecule has 2 aromatic heterocycles. The highest BCUT2D eigenvalue weighted by atomic mass is 79.9. The summed E-state index contributed by atoms with van der Waals surface area (Å²) in [5.74, 6) is 2.34. The molecule has 20 heavy (non-hydrogen) atoms. The molecule has 0 N–H and O–H groups in total. The molecule has 1 fully saturated rings. The van der Waals surface area contributed by atoms with Crippen LogP contribution < -0.4 is 0 Å². The Morgan fingerprint density at radius 1 is 1.35 bits per heavy atom. The van der Waals surface area contributed by atoms with Gasteiger partial charge in [0.1, 0.15) is 0 Å². The van der Waals surface area contributed by atoms with Crippen molar-refractivity contribution in [1.29, 1.82) is 0 Å². The van der Waals surface area contributed by atoms with Crippen LogP contribution >= 0.6 is 15.9 Å². The van der Waals surface area contributed by atoms with Crippen molar-refractivity contribution < 1.29 is 8.83 Å². The summed E-state index contributed by atoms with van der Waals surface area (Å²) in [6.45, 7) is 6.36. The molecule has 0 aromatic carbocycles. The Hall–Kier alpha value is -1.14. The average Bonchev–Trinajstić information content (AvgIpc) is 3.09. The fourth-order valence-electron chi connectivity index (χ4n) is 2.82. The predicted molar refractivity (Wildman–Crippen MR) is 78.0 cm³/mol. The number of hydrogen-bond acceptors (Lipinski definition) is 5. The summed E-state index contributed by atoms with van der Waals surface area (Å²) < 4.78 is 11.8. The normalized spacial score (nSPS) is 20.1. The lowest BCUT2D eigenvalue weighted by atomic mass is 10.0. The first kappa shape index (κ1) is 13.8. The van der Waals surface area contributed by atoms with Crippen molar-refractivity contribution in [3.63, 3.8) is 0 Å². The van der Waals surface area contributed by atoms with Gasteiger partial charge in [-0.1, -0.05) is 13.8 Å². The highest BCUT2D eigenvalue weighted by Crippen LogP contribution is 2.27. The monoisotopic (exact) mass is 339 g/mol. The largest absolute Gasteiger partial charge is 0.444 e. The number of furan rings is 1. The van der Waals surface area contributed by atoms with Crippen LogP contribution in [0, 0.1) is 5.92 Å². The minimum atomic E-state index is 0.436. The molecule has 1 saturated heterocycles.